The van der Waals surface area contributed by atoms with Crippen LogP contribution in [0.25, 0.3) is 0 Å². The summed E-state index contributed by atoms with van der Waals surface area (Å²) in [5, 5.41) is 3.35. The number of hydrogen-bond acceptors (Lipinski definition) is 4. The quantitative estimate of drug-likeness (QED) is 0.658. The van der Waals surface area contributed by atoms with Crippen LogP contribution in [-0.4, -0.2) is 28.0 Å². The van der Waals surface area contributed by atoms with Crippen LogP contribution in [0.15, 0.2) is 46.4 Å². The highest BCUT2D eigenvalue weighted by atomic mass is 15.0. The molecule has 0 spiro atoms. The number of rotatable bonds is 5. The van der Waals surface area contributed by atoms with Gasteiger partial charge in [0.2, 0.25) is 7.98 Å². The van der Waals surface area contributed by atoms with Crippen molar-refractivity contribution in [1.29, 1.82) is 0 Å². The van der Waals surface area contributed by atoms with Gasteiger partial charge in [0.15, 0.2) is 0 Å². The minimum absolute atomic E-state index is 0.746. The van der Waals surface area contributed by atoms with E-state index in [0.717, 1.165) is 34.0 Å². The molecule has 0 atom stereocenters. The number of nitrogens with zero attached hydrogens (tertiary/aromatic N) is 3. The van der Waals surface area contributed by atoms with Crippen LogP contribution in [0.5, 0.6) is 0 Å². The van der Waals surface area contributed by atoms with Crippen molar-refractivity contribution in [3.8, 4) is 0 Å². The lowest BCUT2D eigenvalue weighted by Gasteiger charge is -2.16. The molecule has 0 unspecified atom stereocenters. The van der Waals surface area contributed by atoms with Gasteiger partial charge in [-0.2, -0.15) is 0 Å². The van der Waals surface area contributed by atoms with Gasteiger partial charge in [0, 0.05) is 17.6 Å². The van der Waals surface area contributed by atoms with Gasteiger partial charge >= 0.3 is 0 Å². The monoisotopic (exact) mass is 290 g/mol. The summed E-state index contributed by atoms with van der Waals surface area (Å²) >= 11 is 0. The number of aliphatic imine (C=N–C) groups is 2. The van der Waals surface area contributed by atoms with Gasteiger partial charge in [0.25, 0.3) is 0 Å². The van der Waals surface area contributed by atoms with Crippen molar-refractivity contribution in [2.45, 2.75) is 13.8 Å². The van der Waals surface area contributed by atoms with Crippen LogP contribution in [0.2, 0.25) is 0 Å². The second-order valence-corrected chi connectivity index (χ2v) is 4.98. The molecule has 0 aromatic heterocycles. The van der Waals surface area contributed by atoms with Gasteiger partial charge < -0.3 is 10.1 Å². The summed E-state index contributed by atoms with van der Waals surface area (Å²) in [5.41, 5.74) is 5.51. The van der Waals surface area contributed by atoms with E-state index in [1.807, 2.05) is 50.2 Å². The molecule has 0 aliphatic rings. The van der Waals surface area contributed by atoms with E-state index in [-0.39, 0.29) is 0 Å². The minimum atomic E-state index is 0.746. The highest BCUT2D eigenvalue weighted by Gasteiger charge is 2.05. The average molecular weight is 290 g/mol. The molecule has 0 heterocycles. The number of nitrogens with one attached hydrogen (secondary N) is 1. The first-order valence-electron chi connectivity index (χ1n) is 7.00. The van der Waals surface area contributed by atoms with Gasteiger partial charge in [-0.1, -0.05) is 6.07 Å². The van der Waals surface area contributed by atoms with Gasteiger partial charge in [-0.25, -0.2) is 0 Å². The van der Waals surface area contributed by atoms with Crippen LogP contribution in [0, 0.1) is 6.92 Å². The predicted molar refractivity (Wildman–Crippen MR) is 98.1 cm³/mol. The molecule has 0 saturated carbocycles. The van der Waals surface area contributed by atoms with E-state index in [0.29, 0.717) is 0 Å². The number of benzene rings is 2. The first kappa shape index (κ1) is 15.8. The molecule has 0 aliphatic heterocycles. The Bertz CT molecular complexity index is 708. The molecule has 1 N–H and O–H groups in total. The molecule has 0 saturated heterocycles. The zero-order valence-corrected chi connectivity index (χ0v) is 13.2. The largest absolute Gasteiger partial charge is 0.427 e. The first-order valence-corrected chi connectivity index (χ1v) is 7.00. The molecule has 0 fully saturated rings. The number of hydrogen-bond donors (Lipinski definition) is 1. The molecule has 5 heteroatoms. The van der Waals surface area contributed by atoms with Crippen molar-refractivity contribution in [2.75, 3.05) is 17.2 Å². The Balaban J connectivity index is 2.34. The Morgan fingerprint density at radius 2 is 1.95 bits per heavy atom. The van der Waals surface area contributed by atoms with Crippen molar-refractivity contribution in [2.24, 2.45) is 9.98 Å². The van der Waals surface area contributed by atoms with Crippen molar-refractivity contribution in [3.05, 3.63) is 42.0 Å². The SMILES string of the molecule is [B]N(C)c1ccc(Nc2ccc(C)c(N=CC)c2)c(N=C)c1. The van der Waals surface area contributed by atoms with Gasteiger partial charge in [0.05, 0.1) is 17.1 Å². The molecule has 22 heavy (non-hydrogen) atoms. The topological polar surface area (TPSA) is 40.0 Å². The Morgan fingerprint density at radius 3 is 2.59 bits per heavy atom. The molecule has 2 aromatic carbocycles. The zero-order valence-electron chi connectivity index (χ0n) is 13.2. The third-order valence-corrected chi connectivity index (χ3v) is 3.32. The maximum Gasteiger partial charge on any atom is 0.226 e. The summed E-state index contributed by atoms with van der Waals surface area (Å²) in [6, 6.07) is 11.8. The third kappa shape index (κ3) is 3.55. The summed E-state index contributed by atoms with van der Waals surface area (Å²) in [5.74, 6) is 0. The molecule has 110 valence electrons. The molecule has 0 bridgehead atoms. The van der Waals surface area contributed by atoms with Gasteiger partial charge in [-0.15, -0.1) is 0 Å². The maximum absolute atomic E-state index is 5.74. The fourth-order valence-electron chi connectivity index (χ4n) is 2.10. The van der Waals surface area contributed by atoms with E-state index in [2.05, 4.69) is 22.0 Å². The van der Waals surface area contributed by atoms with E-state index in [1.165, 1.54) is 0 Å². The van der Waals surface area contributed by atoms with E-state index in [9.17, 15) is 0 Å². The zero-order chi connectivity index (χ0) is 16.1. The first-order chi connectivity index (χ1) is 10.5. The van der Waals surface area contributed by atoms with Crippen molar-refractivity contribution in [1.82, 2.24) is 0 Å². The van der Waals surface area contributed by atoms with Crippen LogP contribution < -0.4 is 10.1 Å². The van der Waals surface area contributed by atoms with Crippen molar-refractivity contribution >= 4 is 49.4 Å². The van der Waals surface area contributed by atoms with Crippen LogP contribution in [-0.2, 0) is 0 Å². The molecule has 2 aromatic rings. The second-order valence-electron chi connectivity index (χ2n) is 4.98. The van der Waals surface area contributed by atoms with Crippen LogP contribution in [0.4, 0.5) is 28.4 Å². The van der Waals surface area contributed by atoms with E-state index >= 15 is 0 Å². The summed E-state index contributed by atoms with van der Waals surface area (Å²) < 4.78 is 0. The predicted octanol–water partition coefficient (Wildman–Crippen LogP) is 4.31. The number of aryl methyl sites for hydroxylation is 1. The van der Waals surface area contributed by atoms with Crippen LogP contribution in [0.1, 0.15) is 12.5 Å². The maximum atomic E-state index is 5.74. The lowest BCUT2D eigenvalue weighted by molar-refractivity contribution is 1.33. The molecule has 0 amide bonds. The summed E-state index contributed by atoms with van der Waals surface area (Å²) in [7, 11) is 7.53. The lowest BCUT2D eigenvalue weighted by Crippen LogP contribution is -2.10. The Morgan fingerprint density at radius 1 is 1.18 bits per heavy atom. The molecule has 2 radical (unpaired) electrons. The molecule has 4 nitrogen and oxygen atoms in total. The van der Waals surface area contributed by atoms with E-state index < -0.39 is 0 Å². The highest BCUT2D eigenvalue weighted by Crippen LogP contribution is 2.33. The van der Waals surface area contributed by atoms with Crippen LogP contribution >= 0.6 is 0 Å². The Kier molecular flexibility index (Phi) is 4.99. The van der Waals surface area contributed by atoms with Crippen molar-refractivity contribution in [3.63, 3.8) is 0 Å². The molecular formula is C17H19BN4. The van der Waals surface area contributed by atoms with E-state index in [1.54, 1.807) is 18.1 Å². The molecule has 2 rings (SSSR count). The van der Waals surface area contributed by atoms with Gasteiger partial charge in [-0.3, -0.25) is 9.98 Å². The Labute approximate surface area is 133 Å². The fraction of sp³-hybridized carbons (Fsp3) is 0.176. The summed E-state index contributed by atoms with van der Waals surface area (Å²) in [4.78, 5) is 9.97. The second kappa shape index (κ2) is 6.94. The van der Waals surface area contributed by atoms with Gasteiger partial charge in [-0.05, 0) is 63.5 Å². The Hall–Kier alpha value is -2.56. The lowest BCUT2D eigenvalue weighted by atomic mass is 10.1. The van der Waals surface area contributed by atoms with Crippen molar-refractivity contribution < 1.29 is 0 Å². The summed E-state index contributed by atoms with van der Waals surface area (Å²) in [6.45, 7) is 7.56. The van der Waals surface area contributed by atoms with E-state index in [4.69, 9.17) is 7.98 Å². The standard InChI is InChI=1S/C17H19BN4/c1-5-20-16-10-13(7-6-12(16)2)21-15-9-8-14(22(4)18)11-17(15)19-3/h5-11,21H,3H2,1-2,4H3. The molecular weight excluding hydrogens is 271 g/mol. The minimum Gasteiger partial charge on any atom is -0.427 e. The van der Waals surface area contributed by atoms with Gasteiger partial charge in [0.1, 0.15) is 0 Å². The van der Waals surface area contributed by atoms with Crippen LogP contribution in [0.3, 0.4) is 0 Å². The highest BCUT2D eigenvalue weighted by molar-refractivity contribution is 6.17. The normalized spacial score (nSPS) is 10.7. The third-order valence-electron chi connectivity index (χ3n) is 3.32. The average Bonchev–Trinajstić information content (AvgIpc) is 2.51. The number of anilines is 3. The summed E-state index contributed by atoms with van der Waals surface area (Å²) in [6.07, 6.45) is 1.79. The fourth-order valence-corrected chi connectivity index (χ4v) is 2.10. The smallest absolute Gasteiger partial charge is 0.226 e. The molecule has 0 aliphatic carbocycles.